The first-order valence-corrected chi connectivity index (χ1v) is 10.4. The standard InChI is InChI=1S/C19H20N2O5S/c22-19(15-5-3-7-17-18(15)26-12-11-25-17)20-9-13-27(23,24)21-10-8-14-4-1-2-6-16(14)21/h1-7H,8-13H2,(H,20,22). The molecular weight excluding hydrogens is 368 g/mol. The second-order valence-corrected chi connectivity index (χ2v) is 8.37. The topological polar surface area (TPSA) is 84.9 Å². The summed E-state index contributed by atoms with van der Waals surface area (Å²) in [6, 6.07) is 12.6. The van der Waals surface area contributed by atoms with Crippen LogP contribution in [0.3, 0.4) is 0 Å². The number of carbonyl (C=O) groups excluding carboxylic acids is 1. The Labute approximate surface area is 157 Å². The minimum atomic E-state index is -3.51. The first kappa shape index (κ1) is 17.7. The fourth-order valence-electron chi connectivity index (χ4n) is 3.35. The van der Waals surface area contributed by atoms with Crippen LogP contribution in [0.15, 0.2) is 42.5 Å². The lowest BCUT2D eigenvalue weighted by molar-refractivity contribution is 0.0945. The van der Waals surface area contributed by atoms with Crippen molar-refractivity contribution >= 4 is 21.6 Å². The Morgan fingerprint density at radius 1 is 1.07 bits per heavy atom. The van der Waals surface area contributed by atoms with Crippen LogP contribution in [0.25, 0.3) is 0 Å². The average molecular weight is 388 g/mol. The molecule has 0 saturated carbocycles. The molecule has 0 unspecified atom stereocenters. The molecule has 2 heterocycles. The van der Waals surface area contributed by atoms with E-state index in [-0.39, 0.29) is 18.2 Å². The van der Waals surface area contributed by atoms with Crippen molar-refractivity contribution < 1.29 is 22.7 Å². The van der Waals surface area contributed by atoms with Crippen LogP contribution in [0, 0.1) is 0 Å². The number of para-hydroxylation sites is 2. The third-order valence-electron chi connectivity index (χ3n) is 4.64. The zero-order valence-corrected chi connectivity index (χ0v) is 15.5. The molecule has 0 atom stereocenters. The van der Waals surface area contributed by atoms with E-state index in [1.54, 1.807) is 18.2 Å². The van der Waals surface area contributed by atoms with Gasteiger partial charge in [0.1, 0.15) is 13.2 Å². The van der Waals surface area contributed by atoms with Crippen molar-refractivity contribution in [1.82, 2.24) is 5.32 Å². The molecule has 7 nitrogen and oxygen atoms in total. The number of benzene rings is 2. The van der Waals surface area contributed by atoms with Crippen molar-refractivity contribution in [3.8, 4) is 11.5 Å². The van der Waals surface area contributed by atoms with Crippen molar-refractivity contribution in [3.05, 3.63) is 53.6 Å². The van der Waals surface area contributed by atoms with E-state index in [4.69, 9.17) is 9.47 Å². The molecule has 2 aromatic rings. The fraction of sp³-hybridized carbons (Fsp3) is 0.316. The number of ether oxygens (including phenoxy) is 2. The Kier molecular flexibility index (Phi) is 4.65. The molecule has 2 aliphatic rings. The van der Waals surface area contributed by atoms with Gasteiger partial charge in [-0.2, -0.15) is 0 Å². The van der Waals surface area contributed by atoms with E-state index >= 15 is 0 Å². The largest absolute Gasteiger partial charge is 0.486 e. The third kappa shape index (κ3) is 3.44. The van der Waals surface area contributed by atoms with Crippen LogP contribution in [-0.4, -0.2) is 46.4 Å². The molecule has 1 N–H and O–H groups in total. The van der Waals surface area contributed by atoms with Gasteiger partial charge in [-0.3, -0.25) is 9.10 Å². The molecule has 0 aromatic heterocycles. The molecule has 0 radical (unpaired) electrons. The van der Waals surface area contributed by atoms with Crippen molar-refractivity contribution in [3.63, 3.8) is 0 Å². The van der Waals surface area contributed by atoms with Crippen LogP contribution >= 0.6 is 0 Å². The summed E-state index contributed by atoms with van der Waals surface area (Å²) in [7, 11) is -3.51. The number of sulfonamides is 1. The molecule has 2 aliphatic heterocycles. The quantitative estimate of drug-likeness (QED) is 0.841. The maximum atomic E-state index is 12.7. The summed E-state index contributed by atoms with van der Waals surface area (Å²) in [5, 5.41) is 2.67. The number of nitrogens with zero attached hydrogens (tertiary/aromatic N) is 1. The second kappa shape index (κ2) is 7.11. The molecule has 27 heavy (non-hydrogen) atoms. The number of hydrogen-bond donors (Lipinski definition) is 1. The van der Waals surface area contributed by atoms with Crippen molar-refractivity contribution in [2.45, 2.75) is 6.42 Å². The van der Waals surface area contributed by atoms with Crippen LogP contribution < -0.4 is 19.1 Å². The molecule has 0 aliphatic carbocycles. The summed E-state index contributed by atoms with van der Waals surface area (Å²) in [6.45, 7) is 1.27. The third-order valence-corrected chi connectivity index (χ3v) is 6.41. The van der Waals surface area contributed by atoms with Crippen molar-refractivity contribution in [2.75, 3.05) is 36.4 Å². The first-order chi connectivity index (χ1) is 13.1. The maximum Gasteiger partial charge on any atom is 0.255 e. The smallest absolute Gasteiger partial charge is 0.255 e. The van der Waals surface area contributed by atoms with Gasteiger partial charge in [-0.25, -0.2) is 8.42 Å². The SMILES string of the molecule is O=C(NCCS(=O)(=O)N1CCc2ccccc21)c1cccc2c1OCCO2. The van der Waals surface area contributed by atoms with Gasteiger partial charge in [-0.15, -0.1) is 0 Å². The number of anilines is 1. The van der Waals surface area contributed by atoms with E-state index in [1.807, 2.05) is 24.3 Å². The van der Waals surface area contributed by atoms with Crippen LogP contribution in [0.2, 0.25) is 0 Å². The van der Waals surface area contributed by atoms with E-state index in [2.05, 4.69) is 5.32 Å². The number of hydrogen-bond acceptors (Lipinski definition) is 5. The Morgan fingerprint density at radius 3 is 2.78 bits per heavy atom. The number of carbonyl (C=O) groups is 1. The molecule has 142 valence electrons. The van der Waals surface area contributed by atoms with Gasteiger partial charge >= 0.3 is 0 Å². The minimum Gasteiger partial charge on any atom is -0.486 e. The normalized spacial score (nSPS) is 15.3. The van der Waals surface area contributed by atoms with Crippen molar-refractivity contribution in [2.24, 2.45) is 0 Å². The fourth-order valence-corrected chi connectivity index (χ4v) is 4.78. The Balaban J connectivity index is 1.41. The highest BCUT2D eigenvalue weighted by atomic mass is 32.2. The van der Waals surface area contributed by atoms with Crippen LogP contribution in [0.4, 0.5) is 5.69 Å². The predicted molar refractivity (Wildman–Crippen MR) is 101 cm³/mol. The van der Waals surface area contributed by atoms with Gasteiger partial charge in [0.2, 0.25) is 10.0 Å². The zero-order chi connectivity index (χ0) is 18.9. The highest BCUT2D eigenvalue weighted by Crippen LogP contribution is 2.33. The molecule has 0 saturated heterocycles. The predicted octanol–water partition coefficient (Wildman–Crippen LogP) is 1.58. The first-order valence-electron chi connectivity index (χ1n) is 8.81. The lowest BCUT2D eigenvalue weighted by Gasteiger charge is -2.21. The molecular formula is C19H20N2O5S. The molecule has 0 spiro atoms. The lowest BCUT2D eigenvalue weighted by atomic mass is 10.1. The number of amides is 1. The van der Waals surface area contributed by atoms with Crippen LogP contribution in [0.1, 0.15) is 15.9 Å². The van der Waals surface area contributed by atoms with E-state index in [0.29, 0.717) is 43.2 Å². The lowest BCUT2D eigenvalue weighted by Crippen LogP contribution is -2.37. The van der Waals surface area contributed by atoms with Gasteiger partial charge in [-0.05, 0) is 30.2 Å². The van der Waals surface area contributed by atoms with Crippen LogP contribution in [-0.2, 0) is 16.4 Å². The van der Waals surface area contributed by atoms with Gasteiger partial charge in [-0.1, -0.05) is 24.3 Å². The molecule has 0 fully saturated rings. The summed E-state index contributed by atoms with van der Waals surface area (Å²) in [5.41, 5.74) is 2.10. The van der Waals surface area contributed by atoms with Gasteiger partial charge < -0.3 is 14.8 Å². The molecule has 4 rings (SSSR count). The minimum absolute atomic E-state index is 0.0182. The van der Waals surface area contributed by atoms with Gasteiger partial charge in [0.05, 0.1) is 17.0 Å². The number of nitrogens with one attached hydrogen (secondary N) is 1. The van der Waals surface area contributed by atoms with Gasteiger partial charge in [0.15, 0.2) is 11.5 Å². The maximum absolute atomic E-state index is 12.7. The summed E-state index contributed by atoms with van der Waals surface area (Å²) < 4.78 is 37.8. The van der Waals surface area contributed by atoms with Gasteiger partial charge in [0.25, 0.3) is 5.91 Å². The summed E-state index contributed by atoms with van der Waals surface area (Å²) in [4.78, 5) is 12.5. The Bertz CT molecular complexity index is 974. The highest BCUT2D eigenvalue weighted by molar-refractivity contribution is 7.92. The number of fused-ring (bicyclic) bond motifs is 2. The highest BCUT2D eigenvalue weighted by Gasteiger charge is 2.29. The van der Waals surface area contributed by atoms with Gasteiger partial charge in [0, 0.05) is 13.1 Å². The van der Waals surface area contributed by atoms with E-state index < -0.39 is 10.0 Å². The van der Waals surface area contributed by atoms with E-state index in [1.165, 1.54) is 4.31 Å². The number of rotatable bonds is 5. The molecule has 0 bridgehead atoms. The van der Waals surface area contributed by atoms with Crippen molar-refractivity contribution in [1.29, 1.82) is 0 Å². The molecule has 8 heteroatoms. The summed E-state index contributed by atoms with van der Waals surface area (Å²) >= 11 is 0. The average Bonchev–Trinajstić information content (AvgIpc) is 3.12. The van der Waals surface area contributed by atoms with Crippen LogP contribution in [0.5, 0.6) is 11.5 Å². The molecule has 1 amide bonds. The van der Waals surface area contributed by atoms with E-state index in [9.17, 15) is 13.2 Å². The Morgan fingerprint density at radius 2 is 1.89 bits per heavy atom. The molecule has 2 aromatic carbocycles. The zero-order valence-electron chi connectivity index (χ0n) is 14.7. The monoisotopic (exact) mass is 388 g/mol. The summed E-state index contributed by atoms with van der Waals surface area (Å²) in [6.07, 6.45) is 0.704. The summed E-state index contributed by atoms with van der Waals surface area (Å²) in [5.74, 6) is 0.376. The second-order valence-electron chi connectivity index (χ2n) is 6.35. The van der Waals surface area contributed by atoms with E-state index in [0.717, 1.165) is 11.3 Å². The Hall–Kier alpha value is -2.74.